The summed E-state index contributed by atoms with van der Waals surface area (Å²) in [6, 6.07) is 15.6. The van der Waals surface area contributed by atoms with E-state index in [0.29, 0.717) is 39.1 Å². The van der Waals surface area contributed by atoms with E-state index in [1.165, 1.54) is 0 Å². The molecule has 2 aliphatic rings. The molecule has 0 aliphatic carbocycles. The number of hydrogen-bond donors (Lipinski definition) is 2. The zero-order valence-corrected chi connectivity index (χ0v) is 15.6. The third kappa shape index (κ3) is 3.59. The van der Waals surface area contributed by atoms with E-state index in [1.54, 1.807) is 0 Å². The maximum Gasteiger partial charge on any atom is 0.241 e. The molecule has 0 spiro atoms. The normalized spacial score (nSPS) is 18.0. The van der Waals surface area contributed by atoms with E-state index in [0.717, 1.165) is 28.0 Å². The molecular formula is C22H23N3O3. The summed E-state index contributed by atoms with van der Waals surface area (Å²) in [6.07, 6.45) is 1.35. The highest BCUT2D eigenvalue weighted by atomic mass is 16.5. The Morgan fingerprint density at radius 3 is 2.79 bits per heavy atom. The van der Waals surface area contributed by atoms with Crippen molar-refractivity contribution in [2.75, 3.05) is 13.2 Å². The zero-order chi connectivity index (χ0) is 19.6. The van der Waals surface area contributed by atoms with E-state index in [2.05, 4.69) is 23.5 Å². The Morgan fingerprint density at radius 2 is 2.00 bits per heavy atom. The Balaban J connectivity index is 1.48. The number of hydrogen-bond acceptors (Lipinski definition) is 5. The van der Waals surface area contributed by atoms with Crippen LogP contribution in [0.5, 0.6) is 5.75 Å². The lowest BCUT2D eigenvalue weighted by atomic mass is 9.89. The van der Waals surface area contributed by atoms with Crippen molar-refractivity contribution in [1.82, 2.24) is 5.32 Å². The van der Waals surface area contributed by atoms with Crippen LogP contribution in [-0.2, 0) is 22.6 Å². The second-order valence-electron chi connectivity index (χ2n) is 7.40. The number of para-hydroxylation sites is 1. The predicted molar refractivity (Wildman–Crippen MR) is 104 cm³/mol. The summed E-state index contributed by atoms with van der Waals surface area (Å²) >= 11 is 0. The fourth-order valence-electron chi connectivity index (χ4n) is 3.76. The van der Waals surface area contributed by atoms with Crippen LogP contribution in [0.15, 0.2) is 42.5 Å². The Kier molecular flexibility index (Phi) is 5.03. The van der Waals surface area contributed by atoms with Crippen LogP contribution in [0.3, 0.4) is 0 Å². The molecule has 28 heavy (non-hydrogen) atoms. The molecule has 0 aromatic heterocycles. The van der Waals surface area contributed by atoms with Gasteiger partial charge in [-0.05, 0) is 35.6 Å². The molecule has 0 unspecified atom stereocenters. The fourth-order valence-corrected chi connectivity index (χ4v) is 3.76. The van der Waals surface area contributed by atoms with Crippen LogP contribution >= 0.6 is 0 Å². The first kappa shape index (κ1) is 18.5. The number of ether oxygens (including phenoxy) is 2. The number of benzene rings is 2. The van der Waals surface area contributed by atoms with Crippen LogP contribution in [0, 0.1) is 11.3 Å². The number of rotatable bonds is 4. The number of carbonyl (C=O) groups is 1. The van der Waals surface area contributed by atoms with Gasteiger partial charge in [0.25, 0.3) is 0 Å². The minimum absolute atomic E-state index is 0.280. The van der Waals surface area contributed by atoms with Gasteiger partial charge in [0, 0.05) is 25.2 Å². The van der Waals surface area contributed by atoms with Crippen molar-refractivity contribution in [3.63, 3.8) is 0 Å². The van der Waals surface area contributed by atoms with Crippen LogP contribution in [0.4, 0.5) is 0 Å². The Bertz CT molecular complexity index is 929. The molecule has 0 radical (unpaired) electrons. The topological polar surface area (TPSA) is 97.4 Å². The lowest BCUT2D eigenvalue weighted by Gasteiger charge is -2.32. The monoisotopic (exact) mass is 377 g/mol. The van der Waals surface area contributed by atoms with Crippen LogP contribution in [-0.4, -0.2) is 30.7 Å². The van der Waals surface area contributed by atoms with Gasteiger partial charge in [-0.3, -0.25) is 4.79 Å². The lowest BCUT2D eigenvalue weighted by Crippen LogP contribution is -2.58. The SMILES string of the molecule is N#C[C@@H](Cc1ccc2c(c1)COc1ccccc1-2)NC(=O)C1(N)CCOCC1. The van der Waals surface area contributed by atoms with Crippen molar-refractivity contribution in [3.05, 3.63) is 53.6 Å². The summed E-state index contributed by atoms with van der Waals surface area (Å²) < 4.78 is 11.1. The summed E-state index contributed by atoms with van der Waals surface area (Å²) in [7, 11) is 0. The Morgan fingerprint density at radius 1 is 1.21 bits per heavy atom. The third-order valence-corrected chi connectivity index (χ3v) is 5.47. The number of nitriles is 1. The summed E-state index contributed by atoms with van der Waals surface area (Å²) in [6.45, 7) is 1.43. The predicted octanol–water partition coefficient (Wildman–Crippen LogP) is 2.30. The largest absolute Gasteiger partial charge is 0.488 e. The van der Waals surface area contributed by atoms with Crippen molar-refractivity contribution in [3.8, 4) is 22.9 Å². The summed E-state index contributed by atoms with van der Waals surface area (Å²) in [5.41, 5.74) is 9.54. The lowest BCUT2D eigenvalue weighted by molar-refractivity contribution is -0.130. The van der Waals surface area contributed by atoms with Gasteiger partial charge in [0.05, 0.1) is 11.6 Å². The van der Waals surface area contributed by atoms with E-state index in [-0.39, 0.29) is 5.91 Å². The molecule has 1 atom stereocenters. The van der Waals surface area contributed by atoms with E-state index in [9.17, 15) is 10.1 Å². The van der Waals surface area contributed by atoms with Gasteiger partial charge in [-0.15, -0.1) is 0 Å². The molecule has 1 amide bonds. The van der Waals surface area contributed by atoms with Gasteiger partial charge < -0.3 is 20.5 Å². The molecule has 6 nitrogen and oxygen atoms in total. The molecule has 144 valence electrons. The van der Waals surface area contributed by atoms with Gasteiger partial charge >= 0.3 is 0 Å². The van der Waals surface area contributed by atoms with Gasteiger partial charge in [-0.2, -0.15) is 5.26 Å². The van der Waals surface area contributed by atoms with Crippen molar-refractivity contribution in [2.24, 2.45) is 5.73 Å². The highest BCUT2D eigenvalue weighted by Gasteiger charge is 2.36. The first-order chi connectivity index (χ1) is 13.6. The first-order valence-electron chi connectivity index (χ1n) is 9.50. The maximum absolute atomic E-state index is 12.6. The zero-order valence-electron chi connectivity index (χ0n) is 15.6. The summed E-state index contributed by atoms with van der Waals surface area (Å²) in [5.74, 6) is 0.604. The van der Waals surface area contributed by atoms with Gasteiger partial charge in [-0.1, -0.05) is 36.4 Å². The van der Waals surface area contributed by atoms with Crippen LogP contribution in [0.25, 0.3) is 11.1 Å². The third-order valence-electron chi connectivity index (χ3n) is 5.47. The highest BCUT2D eigenvalue weighted by Crippen LogP contribution is 2.37. The average Bonchev–Trinajstić information content (AvgIpc) is 2.73. The Hall–Kier alpha value is -2.88. The molecule has 0 saturated carbocycles. The quantitative estimate of drug-likeness (QED) is 0.852. The average molecular weight is 377 g/mol. The number of amides is 1. The van der Waals surface area contributed by atoms with E-state index in [4.69, 9.17) is 15.2 Å². The number of carbonyl (C=O) groups excluding carboxylic acids is 1. The molecule has 0 bridgehead atoms. The van der Waals surface area contributed by atoms with E-state index >= 15 is 0 Å². The molecule has 3 N–H and O–H groups in total. The van der Waals surface area contributed by atoms with Crippen molar-refractivity contribution >= 4 is 5.91 Å². The summed E-state index contributed by atoms with van der Waals surface area (Å²) in [4.78, 5) is 12.6. The number of nitrogens with two attached hydrogens (primary N) is 1. The smallest absolute Gasteiger partial charge is 0.241 e. The second-order valence-corrected chi connectivity index (χ2v) is 7.40. The number of nitrogens with one attached hydrogen (secondary N) is 1. The van der Waals surface area contributed by atoms with Gasteiger partial charge in [-0.25, -0.2) is 0 Å². The number of fused-ring (bicyclic) bond motifs is 3. The molecule has 2 heterocycles. The molecule has 2 aromatic rings. The Labute approximate surface area is 164 Å². The van der Waals surface area contributed by atoms with Crippen molar-refractivity contribution in [1.29, 1.82) is 5.26 Å². The van der Waals surface area contributed by atoms with Gasteiger partial charge in [0.1, 0.15) is 18.4 Å². The summed E-state index contributed by atoms with van der Waals surface area (Å²) in [5, 5.41) is 12.3. The molecule has 1 saturated heterocycles. The molecular weight excluding hydrogens is 354 g/mol. The van der Waals surface area contributed by atoms with Gasteiger partial charge in [0.2, 0.25) is 5.91 Å². The van der Waals surface area contributed by atoms with Crippen LogP contribution in [0.1, 0.15) is 24.0 Å². The molecule has 2 aromatic carbocycles. The van der Waals surface area contributed by atoms with Crippen LogP contribution in [0.2, 0.25) is 0 Å². The van der Waals surface area contributed by atoms with Gasteiger partial charge in [0.15, 0.2) is 0 Å². The molecule has 1 fully saturated rings. The standard InChI is InChI=1S/C22H23N3O3/c23-13-17(25-21(26)22(24)7-9-27-10-8-22)12-15-5-6-18-16(11-15)14-28-20-4-2-1-3-19(18)20/h1-6,11,17H,7-10,12,14,24H2,(H,25,26)/t17-/m1/s1. The van der Waals surface area contributed by atoms with Crippen LogP contribution < -0.4 is 15.8 Å². The van der Waals surface area contributed by atoms with E-state index in [1.807, 2.05) is 30.3 Å². The minimum atomic E-state index is -0.958. The molecule has 2 aliphatic heterocycles. The highest BCUT2D eigenvalue weighted by molar-refractivity contribution is 5.86. The van der Waals surface area contributed by atoms with Crippen molar-refractivity contribution < 1.29 is 14.3 Å². The van der Waals surface area contributed by atoms with Crippen molar-refractivity contribution in [2.45, 2.75) is 37.5 Å². The maximum atomic E-state index is 12.6. The number of nitrogens with zero attached hydrogens (tertiary/aromatic N) is 1. The molecule has 4 rings (SSSR count). The molecule has 6 heteroatoms. The minimum Gasteiger partial charge on any atom is -0.488 e. The fraction of sp³-hybridized carbons (Fsp3) is 0.364. The first-order valence-corrected chi connectivity index (χ1v) is 9.50. The second kappa shape index (κ2) is 7.63. The van der Waals surface area contributed by atoms with E-state index < -0.39 is 11.6 Å².